The van der Waals surface area contributed by atoms with Crippen LogP contribution in [0.4, 0.5) is 13.2 Å². The minimum Gasteiger partial charge on any atom is -0.223 e. The van der Waals surface area contributed by atoms with Crippen LogP contribution in [0.5, 0.6) is 0 Å². The molecule has 0 fully saturated rings. The predicted octanol–water partition coefficient (Wildman–Crippen LogP) is 1.41. The van der Waals surface area contributed by atoms with E-state index in [9.17, 15) is 21.6 Å². The van der Waals surface area contributed by atoms with Crippen molar-refractivity contribution in [2.24, 2.45) is 5.14 Å². The highest BCUT2D eigenvalue weighted by Gasteiger charge is 2.21. The second-order valence-corrected chi connectivity index (χ2v) is 5.09. The van der Waals surface area contributed by atoms with E-state index in [0.29, 0.717) is 6.07 Å². The van der Waals surface area contributed by atoms with E-state index in [4.69, 9.17) is 0 Å². The molecule has 0 bridgehead atoms. The van der Waals surface area contributed by atoms with Gasteiger partial charge in [-0.2, -0.15) is 4.39 Å². The zero-order valence-electron chi connectivity index (χ0n) is 6.92. The molecule has 0 amide bonds. The number of halogens is 4. The molecule has 4 nitrogen and oxygen atoms in total. The van der Waals surface area contributed by atoms with Crippen molar-refractivity contribution in [1.29, 1.82) is 0 Å². The molecule has 84 valence electrons. The topological polar surface area (TPSA) is 73.1 Å². The summed E-state index contributed by atoms with van der Waals surface area (Å²) in [5.41, 5.74) is -0.743. The summed E-state index contributed by atoms with van der Waals surface area (Å²) < 4.78 is 58.8. The molecule has 0 saturated heterocycles. The maximum Gasteiger partial charge on any atom is 0.265 e. The standard InChI is InChI=1S/C6H4F3IN2O2S/c7-5(8)2-1-3(15(11,13)14)12-6(9)4(2)10/h1,5H,(H2,11,13,14). The highest BCUT2D eigenvalue weighted by molar-refractivity contribution is 14.1. The van der Waals surface area contributed by atoms with Gasteiger partial charge in [0.15, 0.2) is 5.03 Å². The van der Waals surface area contributed by atoms with Crippen LogP contribution in [0.1, 0.15) is 12.0 Å². The van der Waals surface area contributed by atoms with Gasteiger partial charge in [0.05, 0.1) is 3.57 Å². The lowest BCUT2D eigenvalue weighted by Gasteiger charge is -2.05. The molecule has 1 rings (SSSR count). The summed E-state index contributed by atoms with van der Waals surface area (Å²) in [6.45, 7) is 0. The van der Waals surface area contributed by atoms with Crippen LogP contribution in [0.3, 0.4) is 0 Å². The van der Waals surface area contributed by atoms with Crippen molar-refractivity contribution in [2.45, 2.75) is 11.5 Å². The van der Waals surface area contributed by atoms with Crippen molar-refractivity contribution in [1.82, 2.24) is 4.98 Å². The quantitative estimate of drug-likeness (QED) is 0.646. The molecule has 9 heteroatoms. The number of primary sulfonamides is 1. The van der Waals surface area contributed by atoms with Gasteiger partial charge in [0, 0.05) is 5.56 Å². The van der Waals surface area contributed by atoms with Crippen LogP contribution in [0.25, 0.3) is 0 Å². The van der Waals surface area contributed by atoms with Crippen LogP contribution in [-0.4, -0.2) is 13.4 Å². The van der Waals surface area contributed by atoms with Gasteiger partial charge in [0.1, 0.15) is 0 Å². The largest absolute Gasteiger partial charge is 0.265 e. The Morgan fingerprint density at radius 1 is 1.47 bits per heavy atom. The van der Waals surface area contributed by atoms with Gasteiger partial charge in [-0.15, -0.1) is 0 Å². The number of hydrogen-bond acceptors (Lipinski definition) is 3. The minimum absolute atomic E-state index is 0.421. The number of alkyl halides is 2. The first kappa shape index (κ1) is 12.6. The van der Waals surface area contributed by atoms with Crippen molar-refractivity contribution >= 4 is 32.6 Å². The maximum atomic E-state index is 13.0. The van der Waals surface area contributed by atoms with Crippen molar-refractivity contribution in [3.63, 3.8) is 0 Å². The highest BCUT2D eigenvalue weighted by atomic mass is 127. The Bertz CT molecular complexity index is 491. The molecule has 0 aliphatic rings. The average molecular weight is 352 g/mol. The SMILES string of the molecule is NS(=O)(=O)c1cc(C(F)F)c(I)c(F)n1. The van der Waals surface area contributed by atoms with Gasteiger partial charge in [-0.05, 0) is 28.7 Å². The fourth-order valence-electron chi connectivity index (χ4n) is 0.798. The third kappa shape index (κ3) is 2.78. The van der Waals surface area contributed by atoms with E-state index in [0.717, 1.165) is 0 Å². The molecule has 1 aromatic rings. The third-order valence-electron chi connectivity index (χ3n) is 1.45. The summed E-state index contributed by atoms with van der Waals surface area (Å²) in [5, 5.41) is 3.73. The second-order valence-electron chi connectivity index (χ2n) is 2.50. The van der Waals surface area contributed by atoms with Gasteiger partial charge in [-0.25, -0.2) is 27.3 Å². The van der Waals surface area contributed by atoms with E-state index in [1.807, 2.05) is 0 Å². The molecule has 0 radical (unpaired) electrons. The summed E-state index contributed by atoms with van der Waals surface area (Å²) >= 11 is 1.31. The first-order chi connectivity index (χ1) is 6.73. The fraction of sp³-hybridized carbons (Fsp3) is 0.167. The summed E-state index contributed by atoms with van der Waals surface area (Å²) in [7, 11) is -4.29. The monoisotopic (exact) mass is 352 g/mol. The molecule has 1 heterocycles. The van der Waals surface area contributed by atoms with Crippen molar-refractivity contribution in [2.75, 3.05) is 0 Å². The van der Waals surface area contributed by atoms with Gasteiger partial charge in [-0.3, -0.25) is 0 Å². The van der Waals surface area contributed by atoms with Gasteiger partial charge in [0.25, 0.3) is 16.4 Å². The summed E-state index contributed by atoms with van der Waals surface area (Å²) in [5.74, 6) is -1.28. The predicted molar refractivity (Wildman–Crippen MR) is 53.2 cm³/mol. The van der Waals surface area contributed by atoms with Gasteiger partial charge >= 0.3 is 0 Å². The number of hydrogen-bond donors (Lipinski definition) is 1. The molecule has 0 saturated carbocycles. The van der Waals surface area contributed by atoms with Crippen molar-refractivity contribution in [3.05, 3.63) is 21.1 Å². The molecule has 2 N–H and O–H groups in total. The van der Waals surface area contributed by atoms with Crippen LogP contribution in [0, 0.1) is 9.52 Å². The lowest BCUT2D eigenvalue weighted by Crippen LogP contribution is -2.16. The van der Waals surface area contributed by atoms with E-state index < -0.39 is 36.6 Å². The summed E-state index contributed by atoms with van der Waals surface area (Å²) in [6.07, 6.45) is -2.99. The fourth-order valence-corrected chi connectivity index (χ4v) is 1.81. The van der Waals surface area contributed by atoms with E-state index >= 15 is 0 Å². The number of sulfonamides is 1. The summed E-state index contributed by atoms with van der Waals surface area (Å²) in [4.78, 5) is 2.97. The number of nitrogens with two attached hydrogens (primary N) is 1. The van der Waals surface area contributed by atoms with Gasteiger partial charge in [-0.1, -0.05) is 0 Å². The lowest BCUT2D eigenvalue weighted by molar-refractivity contribution is 0.149. The number of aromatic nitrogens is 1. The smallest absolute Gasteiger partial charge is 0.223 e. The van der Waals surface area contributed by atoms with Crippen molar-refractivity contribution in [3.8, 4) is 0 Å². The average Bonchev–Trinajstić information content (AvgIpc) is 2.06. The second kappa shape index (κ2) is 4.22. The minimum atomic E-state index is -4.29. The molecular formula is C6H4F3IN2O2S. The highest BCUT2D eigenvalue weighted by Crippen LogP contribution is 2.27. The normalized spacial score (nSPS) is 12.1. The van der Waals surface area contributed by atoms with Crippen LogP contribution in [-0.2, 0) is 10.0 Å². The Hall–Kier alpha value is -0.420. The maximum absolute atomic E-state index is 13.0. The molecule has 15 heavy (non-hydrogen) atoms. The number of nitrogens with zero attached hydrogens (tertiary/aromatic N) is 1. The molecule has 0 spiro atoms. The Balaban J connectivity index is 3.50. The Morgan fingerprint density at radius 2 is 2.00 bits per heavy atom. The Morgan fingerprint density at radius 3 is 2.40 bits per heavy atom. The molecule has 0 unspecified atom stereocenters. The van der Waals surface area contributed by atoms with Crippen LogP contribution in [0.15, 0.2) is 11.1 Å². The first-order valence-corrected chi connectivity index (χ1v) is 6.03. The molecule has 0 aliphatic carbocycles. The first-order valence-electron chi connectivity index (χ1n) is 3.40. The number of pyridine rings is 1. The van der Waals surface area contributed by atoms with Crippen LogP contribution in [0.2, 0.25) is 0 Å². The van der Waals surface area contributed by atoms with Crippen molar-refractivity contribution < 1.29 is 21.6 Å². The number of rotatable bonds is 2. The lowest BCUT2D eigenvalue weighted by atomic mass is 10.3. The molecule has 0 aromatic carbocycles. The van der Waals surface area contributed by atoms with Crippen LogP contribution >= 0.6 is 22.6 Å². The summed E-state index contributed by atoms with van der Waals surface area (Å²) in [6, 6.07) is 0.560. The zero-order valence-corrected chi connectivity index (χ0v) is 9.89. The Kier molecular flexibility index (Phi) is 3.55. The third-order valence-corrected chi connectivity index (χ3v) is 3.31. The van der Waals surface area contributed by atoms with Gasteiger partial charge in [0.2, 0.25) is 5.95 Å². The zero-order chi connectivity index (χ0) is 11.8. The Labute approximate surface area is 96.9 Å². The van der Waals surface area contributed by atoms with E-state index in [1.165, 1.54) is 22.6 Å². The molecule has 0 atom stereocenters. The van der Waals surface area contributed by atoms with E-state index in [2.05, 4.69) is 10.1 Å². The van der Waals surface area contributed by atoms with E-state index in [-0.39, 0.29) is 0 Å². The molecule has 0 aliphatic heterocycles. The van der Waals surface area contributed by atoms with E-state index in [1.54, 1.807) is 0 Å². The van der Waals surface area contributed by atoms with Gasteiger partial charge < -0.3 is 0 Å². The van der Waals surface area contributed by atoms with Crippen LogP contribution < -0.4 is 5.14 Å². The molecular weight excluding hydrogens is 348 g/mol. The molecule has 1 aromatic heterocycles.